The van der Waals surface area contributed by atoms with Crippen molar-refractivity contribution in [1.82, 2.24) is 9.88 Å². The maximum Gasteiger partial charge on any atom is 0.295 e. The number of carbonyl (C=O) groups is 2. The van der Waals surface area contributed by atoms with Gasteiger partial charge in [-0.1, -0.05) is 43.6 Å². The van der Waals surface area contributed by atoms with E-state index in [2.05, 4.69) is 18.8 Å². The van der Waals surface area contributed by atoms with Crippen molar-refractivity contribution in [2.75, 3.05) is 6.61 Å². The largest absolute Gasteiger partial charge is 0.507 e. The summed E-state index contributed by atoms with van der Waals surface area (Å²) in [4.78, 5) is 31.9. The number of halogens is 1. The lowest BCUT2D eigenvalue weighted by molar-refractivity contribution is -0.140. The molecule has 35 heavy (non-hydrogen) atoms. The van der Waals surface area contributed by atoms with Gasteiger partial charge in [0.25, 0.3) is 11.7 Å². The molecule has 180 valence electrons. The molecule has 0 radical (unpaired) electrons. The molecule has 7 heteroatoms. The van der Waals surface area contributed by atoms with Gasteiger partial charge in [0.1, 0.15) is 11.5 Å². The smallest absolute Gasteiger partial charge is 0.295 e. The second-order valence-corrected chi connectivity index (χ2v) is 9.46. The molecule has 0 aliphatic carbocycles. The Morgan fingerprint density at radius 2 is 1.89 bits per heavy atom. The minimum absolute atomic E-state index is 0.0384. The summed E-state index contributed by atoms with van der Waals surface area (Å²) < 4.78 is 5.84. The maximum atomic E-state index is 13.2. The van der Waals surface area contributed by atoms with Gasteiger partial charge < -0.3 is 14.7 Å². The number of benzene rings is 2. The van der Waals surface area contributed by atoms with Crippen LogP contribution in [0.5, 0.6) is 5.75 Å². The molecule has 0 bridgehead atoms. The summed E-state index contributed by atoms with van der Waals surface area (Å²) in [5, 5.41) is 11.8. The zero-order chi connectivity index (χ0) is 25.1. The molecular formula is C28H27ClN2O4. The zero-order valence-corrected chi connectivity index (χ0v) is 20.6. The van der Waals surface area contributed by atoms with E-state index in [0.717, 1.165) is 11.1 Å². The number of ketones is 1. The lowest BCUT2D eigenvalue weighted by atomic mass is 9.94. The second kappa shape index (κ2) is 10.3. The normalized spacial score (nSPS) is 17.3. The number of nitrogens with zero attached hydrogens (tertiary/aromatic N) is 2. The number of hydrogen-bond acceptors (Lipinski definition) is 5. The molecule has 1 atom stereocenters. The Balaban J connectivity index is 1.78. The van der Waals surface area contributed by atoms with Gasteiger partial charge in [-0.15, -0.1) is 0 Å². The van der Waals surface area contributed by atoms with E-state index in [1.807, 2.05) is 13.0 Å². The number of carbonyl (C=O) groups excluding carboxylic acids is 2. The van der Waals surface area contributed by atoms with Crippen molar-refractivity contribution in [2.24, 2.45) is 5.92 Å². The topological polar surface area (TPSA) is 79.7 Å². The van der Waals surface area contributed by atoms with Crippen LogP contribution < -0.4 is 4.74 Å². The fraction of sp³-hybridized carbons (Fsp3) is 0.250. The van der Waals surface area contributed by atoms with Gasteiger partial charge in [0.15, 0.2) is 0 Å². The molecule has 2 heterocycles. The van der Waals surface area contributed by atoms with Crippen LogP contribution in [-0.2, 0) is 16.1 Å². The molecule has 3 aromatic rings. The molecule has 1 N–H and O–H groups in total. The summed E-state index contributed by atoms with van der Waals surface area (Å²) >= 11 is 6.09. The lowest BCUT2D eigenvalue weighted by Crippen LogP contribution is -2.29. The van der Waals surface area contributed by atoms with Crippen molar-refractivity contribution in [3.8, 4) is 5.75 Å². The molecule has 0 spiro atoms. The Morgan fingerprint density at radius 3 is 2.51 bits per heavy atom. The molecule has 2 aromatic carbocycles. The van der Waals surface area contributed by atoms with Crippen molar-refractivity contribution in [3.05, 3.63) is 99.8 Å². The van der Waals surface area contributed by atoms with Crippen LogP contribution in [-0.4, -0.2) is 33.3 Å². The fourth-order valence-corrected chi connectivity index (χ4v) is 4.22. The molecule has 1 aliphatic heterocycles. The zero-order valence-electron chi connectivity index (χ0n) is 19.9. The van der Waals surface area contributed by atoms with Gasteiger partial charge in [0, 0.05) is 29.5 Å². The first-order valence-corrected chi connectivity index (χ1v) is 11.8. The third-order valence-electron chi connectivity index (χ3n) is 5.82. The maximum absolute atomic E-state index is 13.2. The van der Waals surface area contributed by atoms with Gasteiger partial charge in [0.2, 0.25) is 0 Å². The highest BCUT2D eigenvalue weighted by atomic mass is 35.5. The van der Waals surface area contributed by atoms with Crippen molar-refractivity contribution >= 4 is 29.1 Å². The van der Waals surface area contributed by atoms with Crippen LogP contribution in [0.25, 0.3) is 5.76 Å². The second-order valence-electron chi connectivity index (χ2n) is 9.02. The first kappa shape index (κ1) is 24.5. The molecule has 1 aromatic heterocycles. The first-order valence-electron chi connectivity index (χ1n) is 11.4. The van der Waals surface area contributed by atoms with E-state index >= 15 is 0 Å². The van der Waals surface area contributed by atoms with E-state index in [-0.39, 0.29) is 17.9 Å². The molecule has 1 amide bonds. The van der Waals surface area contributed by atoms with E-state index in [4.69, 9.17) is 16.3 Å². The van der Waals surface area contributed by atoms with E-state index in [1.165, 1.54) is 4.90 Å². The van der Waals surface area contributed by atoms with Gasteiger partial charge >= 0.3 is 0 Å². The minimum Gasteiger partial charge on any atom is -0.507 e. The summed E-state index contributed by atoms with van der Waals surface area (Å²) in [6.07, 6.45) is 3.29. The quantitative estimate of drug-likeness (QED) is 0.261. The Kier molecular flexibility index (Phi) is 7.22. The van der Waals surface area contributed by atoms with Crippen molar-refractivity contribution in [2.45, 2.75) is 33.4 Å². The molecule has 4 rings (SSSR count). The average molecular weight is 491 g/mol. The monoisotopic (exact) mass is 490 g/mol. The summed E-state index contributed by atoms with van der Waals surface area (Å²) in [6.45, 7) is 6.75. The van der Waals surface area contributed by atoms with E-state index in [0.29, 0.717) is 34.4 Å². The number of ether oxygens (including phenoxy) is 1. The average Bonchev–Trinajstić information content (AvgIpc) is 3.09. The number of pyridine rings is 1. The molecular weight excluding hydrogens is 464 g/mol. The van der Waals surface area contributed by atoms with Crippen LogP contribution >= 0.6 is 11.6 Å². The molecule has 1 unspecified atom stereocenters. The number of amides is 1. The van der Waals surface area contributed by atoms with Gasteiger partial charge in [-0.3, -0.25) is 14.6 Å². The van der Waals surface area contributed by atoms with Crippen LogP contribution in [0.1, 0.15) is 42.1 Å². The number of likely N-dealkylation sites (tertiary alicyclic amines) is 1. The van der Waals surface area contributed by atoms with Crippen LogP contribution in [0.15, 0.2) is 72.6 Å². The predicted octanol–water partition coefficient (Wildman–Crippen LogP) is 5.70. The van der Waals surface area contributed by atoms with E-state index in [1.54, 1.807) is 60.9 Å². The van der Waals surface area contributed by atoms with Crippen LogP contribution in [0.3, 0.4) is 0 Å². The Morgan fingerprint density at radius 1 is 1.14 bits per heavy atom. The van der Waals surface area contributed by atoms with Crippen LogP contribution in [0.4, 0.5) is 0 Å². The Labute approximate surface area is 209 Å². The highest BCUT2D eigenvalue weighted by Gasteiger charge is 2.46. The Bertz CT molecular complexity index is 1270. The summed E-state index contributed by atoms with van der Waals surface area (Å²) in [6, 6.07) is 15.0. The number of aliphatic hydroxyl groups excluding tert-OH is 1. The third-order valence-corrected chi connectivity index (χ3v) is 6.07. The highest BCUT2D eigenvalue weighted by Crippen LogP contribution is 2.41. The van der Waals surface area contributed by atoms with Gasteiger partial charge in [-0.25, -0.2) is 0 Å². The molecule has 6 nitrogen and oxygen atoms in total. The fourth-order valence-electron chi connectivity index (χ4n) is 4.09. The minimum atomic E-state index is -0.773. The number of aryl methyl sites for hydroxylation is 1. The highest BCUT2D eigenvalue weighted by molar-refractivity contribution is 6.46. The number of aliphatic hydroxyl groups is 1. The summed E-state index contributed by atoms with van der Waals surface area (Å²) in [7, 11) is 0. The van der Waals surface area contributed by atoms with E-state index < -0.39 is 17.7 Å². The lowest BCUT2D eigenvalue weighted by Gasteiger charge is -2.25. The first-order chi connectivity index (χ1) is 16.8. The standard InChI is InChI=1S/C28H27ClN2O4/c1-17(2)16-35-23-11-8-21(13-18(23)3)26(32)24-25(20-6-9-22(29)10-7-20)31(28(34)27(24)33)15-19-5-4-12-30-14-19/h4-14,17,25,32H,15-16H2,1-3H3/b26-24+. The number of aromatic nitrogens is 1. The number of hydrogen-bond donors (Lipinski definition) is 1. The van der Waals surface area contributed by atoms with Crippen LogP contribution in [0, 0.1) is 12.8 Å². The van der Waals surface area contributed by atoms with Crippen molar-refractivity contribution in [3.63, 3.8) is 0 Å². The van der Waals surface area contributed by atoms with E-state index in [9.17, 15) is 14.7 Å². The van der Waals surface area contributed by atoms with Gasteiger partial charge in [-0.2, -0.15) is 0 Å². The van der Waals surface area contributed by atoms with Gasteiger partial charge in [-0.05, 0) is 65.9 Å². The number of rotatable bonds is 7. The summed E-state index contributed by atoms with van der Waals surface area (Å²) in [5.74, 6) is -0.553. The third kappa shape index (κ3) is 5.23. The molecule has 0 saturated carbocycles. The number of Topliss-reactive ketones (excluding diaryl/α,β-unsaturated/α-hetero) is 1. The molecule has 1 saturated heterocycles. The predicted molar refractivity (Wildman–Crippen MR) is 135 cm³/mol. The SMILES string of the molecule is Cc1cc(/C(O)=C2\C(=O)C(=O)N(Cc3cccnc3)C2c2ccc(Cl)cc2)ccc1OCC(C)C. The van der Waals surface area contributed by atoms with Gasteiger partial charge in [0.05, 0.1) is 18.2 Å². The Hall–Kier alpha value is -3.64. The van der Waals surface area contributed by atoms with Crippen molar-refractivity contribution in [1.29, 1.82) is 0 Å². The van der Waals surface area contributed by atoms with Crippen molar-refractivity contribution < 1.29 is 19.4 Å². The summed E-state index contributed by atoms with van der Waals surface area (Å²) in [5.41, 5.74) is 2.75. The molecule has 1 aliphatic rings. The molecule has 1 fully saturated rings. The van der Waals surface area contributed by atoms with Crippen LogP contribution in [0.2, 0.25) is 5.02 Å².